The molecular formula is C23H25F2N3O6. The monoisotopic (exact) mass is 477 g/mol. The minimum Gasteiger partial charge on any atom is -0.493 e. The van der Waals surface area contributed by atoms with E-state index in [4.69, 9.17) is 9.47 Å². The minimum atomic E-state index is -2.93. The highest BCUT2D eigenvalue weighted by atomic mass is 19.3. The molecule has 1 atom stereocenters. The van der Waals surface area contributed by atoms with Crippen LogP contribution in [-0.2, 0) is 21.7 Å². The predicted octanol–water partition coefficient (Wildman–Crippen LogP) is 2.73. The summed E-state index contributed by atoms with van der Waals surface area (Å²) >= 11 is 0. The van der Waals surface area contributed by atoms with Crippen molar-refractivity contribution in [3.8, 4) is 17.2 Å². The summed E-state index contributed by atoms with van der Waals surface area (Å²) in [4.78, 5) is 40.7. The molecule has 9 nitrogen and oxygen atoms in total. The lowest BCUT2D eigenvalue weighted by Crippen LogP contribution is -2.43. The van der Waals surface area contributed by atoms with Crippen LogP contribution in [0.2, 0.25) is 0 Å². The van der Waals surface area contributed by atoms with E-state index in [2.05, 4.69) is 10.1 Å². The lowest BCUT2D eigenvalue weighted by molar-refractivity contribution is -0.138. The molecule has 1 aliphatic heterocycles. The summed E-state index contributed by atoms with van der Waals surface area (Å²) in [6.45, 7) is -1.70. The van der Waals surface area contributed by atoms with E-state index in [1.54, 1.807) is 37.3 Å². The zero-order chi connectivity index (χ0) is 25.0. The fourth-order valence-corrected chi connectivity index (χ4v) is 3.58. The normalized spacial score (nSPS) is 17.6. The fraction of sp³-hybridized carbons (Fsp3) is 0.348. The molecule has 2 aromatic carbocycles. The predicted molar refractivity (Wildman–Crippen MR) is 117 cm³/mol. The van der Waals surface area contributed by atoms with Gasteiger partial charge in [0.05, 0.1) is 14.2 Å². The van der Waals surface area contributed by atoms with Gasteiger partial charge in [-0.2, -0.15) is 8.78 Å². The topological polar surface area (TPSA) is 97.4 Å². The molecule has 1 saturated heterocycles. The second-order valence-electron chi connectivity index (χ2n) is 7.79. The van der Waals surface area contributed by atoms with Crippen LogP contribution >= 0.6 is 0 Å². The van der Waals surface area contributed by atoms with Crippen LogP contribution in [0.25, 0.3) is 0 Å². The van der Waals surface area contributed by atoms with E-state index in [0.717, 1.165) is 4.90 Å². The average Bonchev–Trinajstić information content (AvgIpc) is 3.03. The zero-order valence-corrected chi connectivity index (χ0v) is 19.1. The number of halogens is 2. The molecule has 182 valence electrons. The van der Waals surface area contributed by atoms with Gasteiger partial charge in [0.2, 0.25) is 5.91 Å². The number of likely N-dealkylation sites (N-methyl/N-ethyl adjacent to an activating group) is 1. The molecular weight excluding hydrogens is 452 g/mol. The van der Waals surface area contributed by atoms with Crippen molar-refractivity contribution in [2.75, 3.05) is 27.8 Å². The van der Waals surface area contributed by atoms with Crippen molar-refractivity contribution in [3.63, 3.8) is 0 Å². The third-order valence-electron chi connectivity index (χ3n) is 5.52. The molecule has 3 rings (SSSR count). The van der Waals surface area contributed by atoms with Crippen molar-refractivity contribution < 1.29 is 37.4 Å². The van der Waals surface area contributed by atoms with E-state index in [0.29, 0.717) is 22.6 Å². The summed E-state index contributed by atoms with van der Waals surface area (Å²) in [7, 11) is 4.45. The van der Waals surface area contributed by atoms with E-state index in [1.807, 2.05) is 0 Å². The van der Waals surface area contributed by atoms with Gasteiger partial charge < -0.3 is 24.4 Å². The standard InChI is InChI=1S/C23H25F2N3O6/c1-23(15-7-10-17(32-3)18(11-15)33-4)20(30)28(22(31)26-23)13-19(29)27(2)12-14-5-8-16(9-6-14)34-21(24)25/h5-11,21H,12-13H2,1-4H3,(H,26,31)/t23-/m1/s1. The maximum absolute atomic E-state index is 13.2. The summed E-state index contributed by atoms with van der Waals surface area (Å²) < 4.78 is 39.3. The van der Waals surface area contributed by atoms with Gasteiger partial charge in [0.25, 0.3) is 5.91 Å². The highest BCUT2D eigenvalue weighted by molar-refractivity contribution is 6.09. The van der Waals surface area contributed by atoms with E-state index < -0.39 is 36.5 Å². The van der Waals surface area contributed by atoms with E-state index in [9.17, 15) is 23.2 Å². The molecule has 4 amide bonds. The van der Waals surface area contributed by atoms with Crippen LogP contribution in [0.15, 0.2) is 42.5 Å². The van der Waals surface area contributed by atoms with Crippen molar-refractivity contribution in [2.45, 2.75) is 25.6 Å². The second kappa shape index (κ2) is 9.94. The first kappa shape index (κ1) is 24.7. The highest BCUT2D eigenvalue weighted by Gasteiger charge is 2.50. The van der Waals surface area contributed by atoms with Crippen LogP contribution < -0.4 is 19.5 Å². The third kappa shape index (κ3) is 5.03. The number of nitrogens with one attached hydrogen (secondary N) is 1. The Labute approximate surface area is 195 Å². The average molecular weight is 477 g/mol. The Balaban J connectivity index is 1.69. The molecule has 11 heteroatoms. The number of ether oxygens (including phenoxy) is 3. The molecule has 0 bridgehead atoms. The molecule has 1 heterocycles. The molecule has 0 aromatic heterocycles. The number of methoxy groups -OCH3 is 2. The largest absolute Gasteiger partial charge is 0.493 e. The molecule has 0 aliphatic carbocycles. The Morgan fingerprint density at radius 1 is 1.09 bits per heavy atom. The summed E-state index contributed by atoms with van der Waals surface area (Å²) in [6, 6.07) is 9.98. The van der Waals surface area contributed by atoms with Gasteiger partial charge in [0, 0.05) is 13.6 Å². The summed E-state index contributed by atoms with van der Waals surface area (Å²) in [5.74, 6) is -0.203. The third-order valence-corrected chi connectivity index (χ3v) is 5.52. The SMILES string of the molecule is COc1ccc([C@@]2(C)NC(=O)N(CC(=O)N(C)Cc3ccc(OC(F)F)cc3)C2=O)cc1OC. The number of rotatable bonds is 9. The highest BCUT2D eigenvalue weighted by Crippen LogP contribution is 2.35. The molecule has 1 N–H and O–H groups in total. The molecule has 1 aliphatic rings. The van der Waals surface area contributed by atoms with Crippen molar-refractivity contribution in [2.24, 2.45) is 0 Å². The summed E-state index contributed by atoms with van der Waals surface area (Å²) in [6.07, 6.45) is 0. The van der Waals surface area contributed by atoms with Gasteiger partial charge in [-0.15, -0.1) is 0 Å². The van der Waals surface area contributed by atoms with Gasteiger partial charge in [-0.25, -0.2) is 4.79 Å². The van der Waals surface area contributed by atoms with Crippen LogP contribution in [-0.4, -0.2) is 62.1 Å². The Kier molecular flexibility index (Phi) is 7.23. The van der Waals surface area contributed by atoms with Crippen molar-refractivity contribution >= 4 is 17.8 Å². The number of imide groups is 1. The summed E-state index contributed by atoms with van der Waals surface area (Å²) in [5, 5.41) is 2.65. The number of urea groups is 1. The van der Waals surface area contributed by atoms with Crippen LogP contribution in [0.4, 0.5) is 13.6 Å². The van der Waals surface area contributed by atoms with E-state index >= 15 is 0 Å². The number of hydrogen-bond acceptors (Lipinski definition) is 6. The van der Waals surface area contributed by atoms with Crippen LogP contribution in [0.1, 0.15) is 18.1 Å². The Hall–Kier alpha value is -3.89. The lowest BCUT2D eigenvalue weighted by atomic mass is 9.91. The smallest absolute Gasteiger partial charge is 0.387 e. The number of amides is 4. The van der Waals surface area contributed by atoms with Gasteiger partial charge in [-0.3, -0.25) is 14.5 Å². The quantitative estimate of drug-likeness (QED) is 0.558. The van der Waals surface area contributed by atoms with Crippen LogP contribution in [0, 0.1) is 0 Å². The van der Waals surface area contributed by atoms with Gasteiger partial charge in [0.1, 0.15) is 17.8 Å². The summed E-state index contributed by atoms with van der Waals surface area (Å²) in [5.41, 5.74) is -0.265. The second-order valence-corrected chi connectivity index (χ2v) is 7.79. The first-order valence-corrected chi connectivity index (χ1v) is 10.2. The van der Waals surface area contributed by atoms with Crippen molar-refractivity contribution in [3.05, 3.63) is 53.6 Å². The van der Waals surface area contributed by atoms with Gasteiger partial charge >= 0.3 is 12.6 Å². The molecule has 34 heavy (non-hydrogen) atoms. The fourth-order valence-electron chi connectivity index (χ4n) is 3.58. The van der Waals surface area contributed by atoms with Crippen molar-refractivity contribution in [1.29, 1.82) is 0 Å². The van der Waals surface area contributed by atoms with Crippen molar-refractivity contribution in [1.82, 2.24) is 15.1 Å². The Bertz CT molecular complexity index is 1080. The number of alkyl halides is 2. The number of hydrogen-bond donors (Lipinski definition) is 1. The van der Waals surface area contributed by atoms with Crippen LogP contribution in [0.3, 0.4) is 0 Å². The van der Waals surface area contributed by atoms with E-state index in [-0.39, 0.29) is 12.3 Å². The molecule has 0 spiro atoms. The first-order valence-electron chi connectivity index (χ1n) is 10.2. The number of nitrogens with zero attached hydrogens (tertiary/aromatic N) is 2. The van der Waals surface area contributed by atoms with Gasteiger partial charge in [0.15, 0.2) is 11.5 Å². The van der Waals surface area contributed by atoms with Gasteiger partial charge in [-0.05, 0) is 42.3 Å². The number of carbonyl (C=O) groups excluding carboxylic acids is 3. The maximum atomic E-state index is 13.2. The minimum absolute atomic E-state index is 0.00140. The van der Waals surface area contributed by atoms with E-state index in [1.165, 1.54) is 38.3 Å². The molecule has 0 radical (unpaired) electrons. The van der Waals surface area contributed by atoms with Crippen LogP contribution in [0.5, 0.6) is 17.2 Å². The molecule has 0 unspecified atom stereocenters. The lowest BCUT2D eigenvalue weighted by Gasteiger charge is -2.24. The molecule has 1 fully saturated rings. The molecule has 2 aromatic rings. The molecule has 0 saturated carbocycles. The number of benzene rings is 2. The Morgan fingerprint density at radius 3 is 2.32 bits per heavy atom. The maximum Gasteiger partial charge on any atom is 0.387 e. The first-order chi connectivity index (χ1) is 16.1. The Morgan fingerprint density at radius 2 is 1.74 bits per heavy atom. The number of carbonyl (C=O) groups is 3. The van der Waals surface area contributed by atoms with Gasteiger partial charge in [-0.1, -0.05) is 18.2 Å². The zero-order valence-electron chi connectivity index (χ0n) is 19.1.